The van der Waals surface area contributed by atoms with Gasteiger partial charge < -0.3 is 9.64 Å². The van der Waals surface area contributed by atoms with Crippen molar-refractivity contribution in [2.75, 3.05) is 18.0 Å². The second kappa shape index (κ2) is 8.88. The van der Waals surface area contributed by atoms with Gasteiger partial charge in [0.2, 0.25) is 5.78 Å². The molecule has 2 aromatic rings. The van der Waals surface area contributed by atoms with E-state index >= 15 is 0 Å². The molecule has 164 valence electrons. The summed E-state index contributed by atoms with van der Waals surface area (Å²) in [5.74, 6) is -1.08. The topological polar surface area (TPSA) is 89.8 Å². The lowest BCUT2D eigenvalue weighted by Gasteiger charge is -2.19. The van der Waals surface area contributed by atoms with Crippen molar-refractivity contribution < 1.29 is 19.2 Å². The summed E-state index contributed by atoms with van der Waals surface area (Å²) in [6.07, 6.45) is 0.958. The summed E-state index contributed by atoms with van der Waals surface area (Å²) < 4.78 is 5.33. The second-order valence-corrected chi connectivity index (χ2v) is 8.89. The Morgan fingerprint density at radius 1 is 1.03 bits per heavy atom. The summed E-state index contributed by atoms with van der Waals surface area (Å²) >= 11 is 0. The van der Waals surface area contributed by atoms with Crippen LogP contribution in [0.1, 0.15) is 66.8 Å². The van der Waals surface area contributed by atoms with Gasteiger partial charge in [-0.1, -0.05) is 45.0 Å². The maximum atomic E-state index is 12.7. The molecule has 7 heteroatoms. The predicted octanol–water partition coefficient (Wildman–Crippen LogP) is 4.92. The number of carbonyl (C=O) groups excluding carboxylic acids is 2. The number of benzene rings is 2. The number of anilines is 1. The molecule has 0 saturated carbocycles. The molecule has 0 N–H and O–H groups in total. The number of esters is 1. The third-order valence-electron chi connectivity index (χ3n) is 5.54. The number of rotatable bonds is 6. The second-order valence-electron chi connectivity index (χ2n) is 8.89. The number of Topliss-reactive ketones (excluding diaryl/α,β-unsaturated/α-hetero) is 1. The van der Waals surface area contributed by atoms with Crippen LogP contribution < -0.4 is 4.90 Å². The number of nitro benzene ring substituents is 1. The Balaban J connectivity index is 1.73. The minimum atomic E-state index is -1.01. The fourth-order valence-corrected chi connectivity index (χ4v) is 3.67. The molecular formula is C24H28N2O5. The van der Waals surface area contributed by atoms with Crippen molar-refractivity contribution in [1.29, 1.82) is 0 Å². The lowest BCUT2D eigenvalue weighted by molar-refractivity contribution is -0.384. The van der Waals surface area contributed by atoms with Crippen molar-refractivity contribution in [2.24, 2.45) is 0 Å². The molecule has 0 bridgehead atoms. The number of hydrogen-bond donors (Lipinski definition) is 0. The first-order valence-electron chi connectivity index (χ1n) is 10.5. The maximum Gasteiger partial charge on any atom is 0.339 e. The van der Waals surface area contributed by atoms with Gasteiger partial charge in [0, 0.05) is 24.7 Å². The van der Waals surface area contributed by atoms with E-state index in [-0.39, 0.29) is 22.4 Å². The summed E-state index contributed by atoms with van der Waals surface area (Å²) in [6, 6.07) is 11.6. The average molecular weight is 424 g/mol. The minimum Gasteiger partial charge on any atom is -0.451 e. The van der Waals surface area contributed by atoms with Gasteiger partial charge in [-0.3, -0.25) is 14.9 Å². The molecule has 1 fully saturated rings. The molecule has 1 aliphatic heterocycles. The molecule has 2 aromatic carbocycles. The highest BCUT2D eigenvalue weighted by molar-refractivity contribution is 6.01. The van der Waals surface area contributed by atoms with Gasteiger partial charge in [0.1, 0.15) is 5.69 Å². The van der Waals surface area contributed by atoms with E-state index < -0.39 is 17.0 Å². The molecular weight excluding hydrogens is 396 g/mol. The highest BCUT2D eigenvalue weighted by Crippen LogP contribution is 2.32. The predicted molar refractivity (Wildman–Crippen MR) is 119 cm³/mol. The van der Waals surface area contributed by atoms with Gasteiger partial charge >= 0.3 is 5.97 Å². The van der Waals surface area contributed by atoms with E-state index in [1.165, 1.54) is 19.1 Å². The molecule has 0 aliphatic carbocycles. The summed E-state index contributed by atoms with van der Waals surface area (Å²) in [5.41, 5.74) is 1.94. The van der Waals surface area contributed by atoms with Crippen LogP contribution >= 0.6 is 0 Å². The van der Waals surface area contributed by atoms with Crippen molar-refractivity contribution in [3.05, 3.63) is 69.3 Å². The number of nitrogens with zero attached hydrogens (tertiary/aromatic N) is 2. The van der Waals surface area contributed by atoms with Crippen LogP contribution in [0, 0.1) is 10.1 Å². The molecule has 1 heterocycles. The zero-order chi connectivity index (χ0) is 22.8. The monoisotopic (exact) mass is 424 g/mol. The Kier molecular flexibility index (Phi) is 6.43. The number of carbonyl (C=O) groups is 2. The smallest absolute Gasteiger partial charge is 0.339 e. The SMILES string of the molecule is C[C@H](OC(=O)c1ccc(N2CCCC2)c([N+](=O)[O-])c1)C(=O)c1ccc(C(C)(C)C)cc1. The molecule has 0 spiro atoms. The first-order chi connectivity index (χ1) is 14.6. The lowest BCUT2D eigenvalue weighted by atomic mass is 9.86. The van der Waals surface area contributed by atoms with E-state index in [0.717, 1.165) is 31.5 Å². The molecule has 0 unspecified atom stereocenters. The van der Waals surface area contributed by atoms with E-state index in [1.54, 1.807) is 18.2 Å². The van der Waals surface area contributed by atoms with Gasteiger partial charge in [0.25, 0.3) is 5.69 Å². The number of hydrogen-bond acceptors (Lipinski definition) is 6. The Hall–Kier alpha value is -3.22. The highest BCUT2D eigenvalue weighted by Gasteiger charge is 2.26. The minimum absolute atomic E-state index is 0.0321. The Morgan fingerprint density at radius 3 is 2.16 bits per heavy atom. The fourth-order valence-electron chi connectivity index (χ4n) is 3.67. The molecule has 31 heavy (non-hydrogen) atoms. The number of nitro groups is 1. The molecule has 1 atom stereocenters. The quantitative estimate of drug-likeness (QED) is 0.283. The zero-order valence-corrected chi connectivity index (χ0v) is 18.4. The van der Waals surface area contributed by atoms with Crippen LogP contribution in [0.15, 0.2) is 42.5 Å². The largest absolute Gasteiger partial charge is 0.451 e. The van der Waals surface area contributed by atoms with E-state index in [0.29, 0.717) is 11.3 Å². The van der Waals surface area contributed by atoms with Crippen molar-refractivity contribution in [3.8, 4) is 0 Å². The molecule has 7 nitrogen and oxygen atoms in total. The van der Waals surface area contributed by atoms with Gasteiger partial charge in [-0.05, 0) is 42.9 Å². The normalized spacial score (nSPS) is 14.9. The lowest BCUT2D eigenvalue weighted by Crippen LogP contribution is -2.25. The van der Waals surface area contributed by atoms with E-state index in [2.05, 4.69) is 20.8 Å². The summed E-state index contributed by atoms with van der Waals surface area (Å²) in [5, 5.41) is 11.5. The van der Waals surface area contributed by atoms with Crippen LogP contribution in [0.3, 0.4) is 0 Å². The molecule has 0 amide bonds. The maximum absolute atomic E-state index is 12.7. The first kappa shape index (κ1) is 22.5. The van der Waals surface area contributed by atoms with Crippen LogP contribution in [0.4, 0.5) is 11.4 Å². The highest BCUT2D eigenvalue weighted by atomic mass is 16.6. The third-order valence-corrected chi connectivity index (χ3v) is 5.54. The van der Waals surface area contributed by atoms with Crippen molar-refractivity contribution in [2.45, 2.75) is 52.1 Å². The van der Waals surface area contributed by atoms with Crippen LogP contribution in [0.25, 0.3) is 0 Å². The van der Waals surface area contributed by atoms with Gasteiger partial charge in [-0.25, -0.2) is 4.79 Å². The number of ether oxygens (including phenoxy) is 1. The van der Waals surface area contributed by atoms with Crippen LogP contribution in [-0.4, -0.2) is 35.9 Å². The van der Waals surface area contributed by atoms with E-state index in [4.69, 9.17) is 4.74 Å². The fraction of sp³-hybridized carbons (Fsp3) is 0.417. The molecule has 0 radical (unpaired) electrons. The Bertz CT molecular complexity index is 986. The molecule has 0 aromatic heterocycles. The standard InChI is InChI=1S/C24H28N2O5/c1-16(22(27)17-7-10-19(11-8-17)24(2,3)4)31-23(28)18-9-12-20(21(15-18)26(29)30)25-13-5-6-14-25/h7-12,15-16H,5-6,13-14H2,1-4H3/t16-/m0/s1. The molecule has 1 aliphatic rings. The summed E-state index contributed by atoms with van der Waals surface area (Å²) in [7, 11) is 0. The van der Waals surface area contributed by atoms with Crippen molar-refractivity contribution in [3.63, 3.8) is 0 Å². The van der Waals surface area contributed by atoms with Gasteiger partial charge in [-0.15, -0.1) is 0 Å². The molecule has 1 saturated heterocycles. The Morgan fingerprint density at radius 2 is 1.61 bits per heavy atom. The third kappa shape index (κ3) is 5.10. The van der Waals surface area contributed by atoms with E-state index in [1.807, 2.05) is 17.0 Å². The van der Waals surface area contributed by atoms with Crippen LogP contribution in [0.2, 0.25) is 0 Å². The van der Waals surface area contributed by atoms with Gasteiger partial charge in [0.15, 0.2) is 6.10 Å². The van der Waals surface area contributed by atoms with Gasteiger partial charge in [-0.2, -0.15) is 0 Å². The zero-order valence-electron chi connectivity index (χ0n) is 18.4. The average Bonchev–Trinajstić information content (AvgIpc) is 3.26. The van der Waals surface area contributed by atoms with Gasteiger partial charge in [0.05, 0.1) is 10.5 Å². The van der Waals surface area contributed by atoms with Crippen molar-refractivity contribution >= 4 is 23.1 Å². The number of ketones is 1. The summed E-state index contributed by atoms with van der Waals surface area (Å²) in [4.78, 5) is 38.3. The summed E-state index contributed by atoms with van der Waals surface area (Å²) in [6.45, 7) is 9.27. The van der Waals surface area contributed by atoms with E-state index in [9.17, 15) is 19.7 Å². The molecule has 3 rings (SSSR count). The van der Waals surface area contributed by atoms with Crippen LogP contribution in [0.5, 0.6) is 0 Å². The van der Waals surface area contributed by atoms with Crippen molar-refractivity contribution in [1.82, 2.24) is 0 Å². The first-order valence-corrected chi connectivity index (χ1v) is 10.5. The van der Waals surface area contributed by atoms with Crippen LogP contribution in [-0.2, 0) is 10.2 Å². The Labute approximate surface area is 182 Å².